The van der Waals surface area contributed by atoms with Gasteiger partial charge < -0.3 is 9.30 Å². The Morgan fingerprint density at radius 1 is 1.17 bits per heavy atom. The summed E-state index contributed by atoms with van der Waals surface area (Å²) < 4.78 is 7.41. The van der Waals surface area contributed by atoms with E-state index in [0.717, 1.165) is 27.9 Å². The summed E-state index contributed by atoms with van der Waals surface area (Å²) >= 11 is 7.70. The van der Waals surface area contributed by atoms with Crippen molar-refractivity contribution in [1.29, 1.82) is 0 Å². The molecule has 0 fully saturated rings. The first-order chi connectivity index (χ1) is 11.6. The Kier molecular flexibility index (Phi) is 5.11. The van der Waals surface area contributed by atoms with Crippen molar-refractivity contribution in [3.63, 3.8) is 0 Å². The van der Waals surface area contributed by atoms with Gasteiger partial charge in [-0.05, 0) is 30.7 Å². The molecule has 0 N–H and O–H groups in total. The second kappa shape index (κ2) is 7.28. The van der Waals surface area contributed by atoms with E-state index in [0.29, 0.717) is 10.8 Å². The zero-order valence-electron chi connectivity index (χ0n) is 13.8. The van der Waals surface area contributed by atoms with E-state index in [9.17, 15) is 0 Å². The second-order valence-electron chi connectivity index (χ2n) is 5.42. The fraction of sp³-hybridized carbons (Fsp3) is 0.222. The number of halogens is 1. The van der Waals surface area contributed by atoms with Crippen LogP contribution in [-0.2, 0) is 12.8 Å². The lowest BCUT2D eigenvalue weighted by molar-refractivity contribution is 0.411. The van der Waals surface area contributed by atoms with Crippen molar-refractivity contribution in [2.75, 3.05) is 7.11 Å². The average Bonchev–Trinajstić information content (AvgIpc) is 2.94. The van der Waals surface area contributed by atoms with Gasteiger partial charge >= 0.3 is 0 Å². The topological polar surface area (TPSA) is 39.9 Å². The molecule has 0 bridgehead atoms. The highest BCUT2D eigenvalue weighted by Crippen LogP contribution is 2.31. The summed E-state index contributed by atoms with van der Waals surface area (Å²) in [6.45, 7) is 2.08. The van der Waals surface area contributed by atoms with E-state index >= 15 is 0 Å². The number of rotatable bonds is 5. The number of ether oxygens (including phenoxy) is 1. The van der Waals surface area contributed by atoms with Gasteiger partial charge in [0.1, 0.15) is 5.75 Å². The van der Waals surface area contributed by atoms with Crippen LogP contribution in [0.15, 0.2) is 47.6 Å². The highest BCUT2D eigenvalue weighted by atomic mass is 35.5. The smallest absolute Gasteiger partial charge is 0.191 e. The number of aryl methyl sites for hydroxylation is 1. The third-order valence-electron chi connectivity index (χ3n) is 3.82. The molecule has 1 aromatic heterocycles. The van der Waals surface area contributed by atoms with E-state index in [1.807, 2.05) is 41.9 Å². The van der Waals surface area contributed by atoms with Gasteiger partial charge in [-0.1, -0.05) is 47.6 Å². The Labute approximate surface area is 150 Å². The molecular formula is C18H18ClN3OS. The lowest BCUT2D eigenvalue weighted by Crippen LogP contribution is -1.97. The minimum absolute atomic E-state index is 0.699. The van der Waals surface area contributed by atoms with Crippen LogP contribution in [0.5, 0.6) is 5.75 Å². The highest BCUT2D eigenvalue weighted by Gasteiger charge is 2.14. The molecule has 0 radical (unpaired) electrons. The maximum atomic E-state index is 6.09. The van der Waals surface area contributed by atoms with E-state index in [1.165, 1.54) is 5.56 Å². The highest BCUT2D eigenvalue weighted by molar-refractivity contribution is 7.98. The molecule has 1 heterocycles. The molecule has 0 unspecified atom stereocenters. The summed E-state index contributed by atoms with van der Waals surface area (Å²) in [7, 11) is 3.65. The molecule has 3 rings (SSSR count). The molecular weight excluding hydrogens is 342 g/mol. The average molecular weight is 360 g/mol. The predicted molar refractivity (Wildman–Crippen MR) is 98.7 cm³/mol. The molecule has 0 aliphatic rings. The van der Waals surface area contributed by atoms with E-state index in [-0.39, 0.29) is 0 Å². The number of nitrogens with zero attached hydrogens (tertiary/aromatic N) is 3. The van der Waals surface area contributed by atoms with Crippen LogP contribution in [0.25, 0.3) is 11.4 Å². The molecule has 0 saturated carbocycles. The minimum Gasteiger partial charge on any atom is -0.496 e. The maximum Gasteiger partial charge on any atom is 0.191 e. The van der Waals surface area contributed by atoms with Gasteiger partial charge in [-0.25, -0.2) is 0 Å². The van der Waals surface area contributed by atoms with E-state index < -0.39 is 0 Å². The molecule has 0 atom stereocenters. The SMILES string of the molecule is COc1ccc(Cl)cc1CSc1nnc(-c2ccccc2C)n1C. The van der Waals surface area contributed by atoms with Gasteiger partial charge in [-0.2, -0.15) is 0 Å². The molecule has 6 heteroatoms. The number of hydrogen-bond acceptors (Lipinski definition) is 4. The Morgan fingerprint density at radius 2 is 1.96 bits per heavy atom. The van der Waals surface area contributed by atoms with Crippen LogP contribution in [0.2, 0.25) is 5.02 Å². The van der Waals surface area contributed by atoms with Crippen LogP contribution >= 0.6 is 23.4 Å². The van der Waals surface area contributed by atoms with Crippen LogP contribution in [0.1, 0.15) is 11.1 Å². The van der Waals surface area contributed by atoms with Gasteiger partial charge in [0.05, 0.1) is 7.11 Å². The molecule has 0 spiro atoms. The summed E-state index contributed by atoms with van der Waals surface area (Å²) in [6.07, 6.45) is 0. The first-order valence-electron chi connectivity index (χ1n) is 7.50. The number of thioether (sulfide) groups is 1. The van der Waals surface area contributed by atoms with Crippen LogP contribution in [0, 0.1) is 6.92 Å². The first-order valence-corrected chi connectivity index (χ1v) is 8.87. The van der Waals surface area contributed by atoms with Crippen LogP contribution in [0.4, 0.5) is 0 Å². The van der Waals surface area contributed by atoms with Crippen molar-refractivity contribution < 1.29 is 4.74 Å². The molecule has 3 aromatic rings. The standard InChI is InChI=1S/C18H18ClN3OS/c1-12-6-4-5-7-15(12)17-20-21-18(22(17)2)24-11-13-10-14(19)8-9-16(13)23-3/h4-10H,11H2,1-3H3. The van der Waals surface area contributed by atoms with E-state index in [1.54, 1.807) is 18.9 Å². The van der Waals surface area contributed by atoms with E-state index in [2.05, 4.69) is 29.3 Å². The number of aromatic nitrogens is 3. The van der Waals surface area contributed by atoms with Gasteiger partial charge in [-0.3, -0.25) is 0 Å². The molecule has 124 valence electrons. The predicted octanol–water partition coefficient (Wildman–Crippen LogP) is 4.74. The monoisotopic (exact) mass is 359 g/mol. The van der Waals surface area contributed by atoms with Crippen LogP contribution in [0.3, 0.4) is 0 Å². The largest absolute Gasteiger partial charge is 0.496 e. The fourth-order valence-corrected chi connectivity index (χ4v) is 3.58. The Morgan fingerprint density at radius 3 is 2.71 bits per heavy atom. The normalized spacial score (nSPS) is 10.8. The third-order valence-corrected chi connectivity index (χ3v) is 5.12. The first kappa shape index (κ1) is 16.9. The summed E-state index contributed by atoms with van der Waals surface area (Å²) in [5.41, 5.74) is 3.32. The van der Waals surface area contributed by atoms with Gasteiger partial charge in [0.2, 0.25) is 0 Å². The van der Waals surface area contributed by atoms with Crippen LogP contribution in [-0.4, -0.2) is 21.9 Å². The molecule has 2 aromatic carbocycles. The summed E-state index contributed by atoms with van der Waals surface area (Å²) in [4.78, 5) is 0. The molecule has 4 nitrogen and oxygen atoms in total. The Hall–Kier alpha value is -1.98. The number of methoxy groups -OCH3 is 1. The Bertz CT molecular complexity index is 863. The van der Waals surface area contributed by atoms with Crippen molar-refractivity contribution in [3.8, 4) is 17.1 Å². The van der Waals surface area contributed by atoms with Crippen LogP contribution < -0.4 is 4.74 Å². The molecule has 0 aliphatic heterocycles. The van der Waals surface area contributed by atoms with Gasteiger partial charge in [0.15, 0.2) is 11.0 Å². The summed E-state index contributed by atoms with van der Waals surface area (Å²) in [5.74, 6) is 2.41. The Balaban J connectivity index is 1.83. The van der Waals surface area contributed by atoms with Crippen molar-refractivity contribution in [1.82, 2.24) is 14.8 Å². The van der Waals surface area contributed by atoms with Crippen molar-refractivity contribution in [2.24, 2.45) is 7.05 Å². The fourth-order valence-electron chi connectivity index (χ4n) is 2.50. The van der Waals surface area contributed by atoms with Crippen molar-refractivity contribution in [3.05, 3.63) is 58.6 Å². The molecule has 0 amide bonds. The summed E-state index contributed by atoms with van der Waals surface area (Å²) in [5, 5.41) is 10.2. The zero-order valence-corrected chi connectivity index (χ0v) is 15.4. The zero-order chi connectivity index (χ0) is 17.1. The number of benzene rings is 2. The van der Waals surface area contributed by atoms with Crippen molar-refractivity contribution >= 4 is 23.4 Å². The van der Waals surface area contributed by atoms with E-state index in [4.69, 9.17) is 16.3 Å². The lowest BCUT2D eigenvalue weighted by Gasteiger charge is -2.09. The third kappa shape index (κ3) is 3.42. The minimum atomic E-state index is 0.699. The quantitative estimate of drug-likeness (QED) is 0.616. The van der Waals surface area contributed by atoms with Crippen molar-refractivity contribution in [2.45, 2.75) is 17.8 Å². The maximum absolute atomic E-state index is 6.09. The second-order valence-corrected chi connectivity index (χ2v) is 6.80. The number of hydrogen-bond donors (Lipinski definition) is 0. The summed E-state index contributed by atoms with van der Waals surface area (Å²) in [6, 6.07) is 13.8. The molecule has 0 aliphatic carbocycles. The molecule has 0 saturated heterocycles. The van der Waals surface area contributed by atoms with Gasteiger partial charge in [-0.15, -0.1) is 10.2 Å². The van der Waals surface area contributed by atoms with Gasteiger partial charge in [0, 0.05) is 29.0 Å². The van der Waals surface area contributed by atoms with Gasteiger partial charge in [0.25, 0.3) is 0 Å². The molecule has 24 heavy (non-hydrogen) atoms. The lowest BCUT2D eigenvalue weighted by atomic mass is 10.1.